The number of anilines is 1. The number of hydrogen-bond acceptors (Lipinski definition) is 7. The standard InChI is InChI=1S/C33H45N7O5/c1-21-15-22(2)36-32(42)29(21)19-34-31(41)28-16-24(25-18-35-40(20-25)10-9-39-11-13-45-14-12-39)17-30(23(28)3)38(4)27-7-5-26(6-8-27)37-33(43)44/h15-18,20,26-27,37H,5-14,19H2,1-4H3,(H,34,41)(H,36,42)(H,43,44)/t26-,27+. The number of morpholine rings is 1. The third kappa shape index (κ3) is 7.93. The minimum absolute atomic E-state index is 0.0439. The molecule has 1 saturated heterocycles. The van der Waals surface area contributed by atoms with Gasteiger partial charge in [0, 0.05) is 79.6 Å². The first-order valence-corrected chi connectivity index (χ1v) is 15.8. The number of rotatable bonds is 10. The molecule has 0 radical (unpaired) electrons. The van der Waals surface area contributed by atoms with Crippen molar-refractivity contribution in [2.75, 3.05) is 44.8 Å². The van der Waals surface area contributed by atoms with Crippen molar-refractivity contribution in [1.82, 2.24) is 30.3 Å². The molecule has 1 aliphatic heterocycles. The van der Waals surface area contributed by atoms with Gasteiger partial charge in [0.05, 0.1) is 26.0 Å². The average molecular weight is 620 g/mol. The van der Waals surface area contributed by atoms with E-state index in [9.17, 15) is 14.4 Å². The second-order valence-electron chi connectivity index (χ2n) is 12.3. The molecule has 0 spiro atoms. The van der Waals surface area contributed by atoms with Crippen molar-refractivity contribution in [2.45, 2.75) is 71.6 Å². The number of nitrogens with one attached hydrogen (secondary N) is 3. The maximum Gasteiger partial charge on any atom is 0.404 e. The minimum Gasteiger partial charge on any atom is -0.465 e. The van der Waals surface area contributed by atoms with Gasteiger partial charge in [0.25, 0.3) is 11.5 Å². The molecule has 2 aliphatic rings. The lowest BCUT2D eigenvalue weighted by Gasteiger charge is -2.37. The van der Waals surface area contributed by atoms with Gasteiger partial charge < -0.3 is 30.4 Å². The molecular formula is C33H45N7O5. The molecule has 4 N–H and O–H groups in total. The highest BCUT2D eigenvalue weighted by Gasteiger charge is 2.27. The number of nitrogens with zero attached hydrogens (tertiary/aromatic N) is 4. The van der Waals surface area contributed by atoms with Crippen molar-refractivity contribution < 1.29 is 19.4 Å². The van der Waals surface area contributed by atoms with Gasteiger partial charge >= 0.3 is 6.09 Å². The van der Waals surface area contributed by atoms with Gasteiger partial charge in [-0.05, 0) is 81.3 Å². The summed E-state index contributed by atoms with van der Waals surface area (Å²) >= 11 is 0. The number of pyridine rings is 1. The van der Waals surface area contributed by atoms with E-state index in [0.29, 0.717) is 11.1 Å². The molecule has 0 atom stereocenters. The van der Waals surface area contributed by atoms with E-state index in [1.807, 2.05) is 57.0 Å². The molecule has 3 aromatic rings. The number of carboxylic acid groups (broad SMARTS) is 1. The topological polar surface area (TPSA) is 145 Å². The summed E-state index contributed by atoms with van der Waals surface area (Å²) in [7, 11) is 2.05. The molecule has 12 nitrogen and oxygen atoms in total. The number of carbonyl (C=O) groups is 2. The molecule has 2 fully saturated rings. The first-order valence-electron chi connectivity index (χ1n) is 15.8. The van der Waals surface area contributed by atoms with Crippen molar-refractivity contribution in [2.24, 2.45) is 0 Å². The van der Waals surface area contributed by atoms with Gasteiger partial charge in [-0.15, -0.1) is 0 Å². The van der Waals surface area contributed by atoms with E-state index < -0.39 is 6.09 Å². The van der Waals surface area contributed by atoms with Gasteiger partial charge in [0.1, 0.15) is 0 Å². The third-order valence-corrected chi connectivity index (χ3v) is 9.21. The van der Waals surface area contributed by atoms with Crippen LogP contribution in [0.3, 0.4) is 0 Å². The monoisotopic (exact) mass is 619 g/mol. The molecule has 12 heteroatoms. The molecule has 1 aromatic carbocycles. The smallest absolute Gasteiger partial charge is 0.404 e. The summed E-state index contributed by atoms with van der Waals surface area (Å²) in [5.41, 5.74) is 6.08. The normalized spacial score (nSPS) is 18.8. The van der Waals surface area contributed by atoms with Crippen LogP contribution in [0.1, 0.15) is 58.4 Å². The number of carbonyl (C=O) groups excluding carboxylic acids is 1. The van der Waals surface area contributed by atoms with Crippen molar-refractivity contribution >= 4 is 17.7 Å². The van der Waals surface area contributed by atoms with E-state index >= 15 is 0 Å². The number of aryl methyl sites for hydroxylation is 2. The van der Waals surface area contributed by atoms with Crippen molar-refractivity contribution in [3.8, 4) is 11.1 Å². The number of benzene rings is 1. The number of ether oxygens (including phenoxy) is 1. The Hall–Kier alpha value is -4.16. The number of hydrogen-bond donors (Lipinski definition) is 4. The SMILES string of the molecule is Cc1cc(C)c(CNC(=O)c2cc(-c3cnn(CCN4CCOCC4)c3)cc(N(C)[C@H]3CC[C@@H](NC(=O)O)CC3)c2C)c(=O)[nH]1. The lowest BCUT2D eigenvalue weighted by molar-refractivity contribution is 0.0360. The van der Waals surface area contributed by atoms with Gasteiger partial charge in [0.2, 0.25) is 0 Å². The van der Waals surface area contributed by atoms with Gasteiger partial charge in [-0.25, -0.2) is 4.79 Å². The van der Waals surface area contributed by atoms with E-state index in [0.717, 1.165) is 98.7 Å². The zero-order chi connectivity index (χ0) is 32.1. The van der Waals surface area contributed by atoms with Crippen LogP contribution in [0.5, 0.6) is 0 Å². The highest BCUT2D eigenvalue weighted by molar-refractivity contribution is 5.98. The third-order valence-electron chi connectivity index (χ3n) is 9.21. The van der Waals surface area contributed by atoms with Crippen LogP contribution < -0.4 is 21.1 Å². The Bertz CT molecular complexity index is 1570. The lowest BCUT2D eigenvalue weighted by atomic mass is 9.89. The molecule has 45 heavy (non-hydrogen) atoms. The van der Waals surface area contributed by atoms with E-state index in [4.69, 9.17) is 9.84 Å². The van der Waals surface area contributed by atoms with E-state index in [2.05, 4.69) is 36.6 Å². The Balaban J connectivity index is 1.40. The highest BCUT2D eigenvalue weighted by atomic mass is 16.5. The fourth-order valence-corrected chi connectivity index (χ4v) is 6.52. The molecule has 3 heterocycles. The number of amides is 2. The van der Waals surface area contributed by atoms with Gasteiger partial charge in [-0.2, -0.15) is 5.10 Å². The predicted molar refractivity (Wildman–Crippen MR) is 173 cm³/mol. The second kappa shape index (κ2) is 14.3. The zero-order valence-electron chi connectivity index (χ0n) is 26.7. The second-order valence-corrected chi connectivity index (χ2v) is 12.3. The van der Waals surface area contributed by atoms with E-state index in [-0.39, 0.29) is 30.1 Å². The van der Waals surface area contributed by atoms with Crippen LogP contribution in [-0.4, -0.2) is 88.8 Å². The number of H-pyrrole nitrogens is 1. The van der Waals surface area contributed by atoms with Gasteiger partial charge in [-0.1, -0.05) is 0 Å². The summed E-state index contributed by atoms with van der Waals surface area (Å²) in [6, 6.07) is 6.08. The van der Waals surface area contributed by atoms with Crippen LogP contribution in [0.4, 0.5) is 10.5 Å². The molecule has 242 valence electrons. The molecule has 2 amide bonds. The molecule has 2 aromatic heterocycles. The molecule has 1 saturated carbocycles. The van der Waals surface area contributed by atoms with E-state index in [1.165, 1.54) is 0 Å². The fourth-order valence-electron chi connectivity index (χ4n) is 6.52. The summed E-state index contributed by atoms with van der Waals surface area (Å²) in [4.78, 5) is 44.9. The predicted octanol–water partition coefficient (Wildman–Crippen LogP) is 3.44. The molecular weight excluding hydrogens is 574 g/mol. The number of aromatic nitrogens is 3. The van der Waals surface area contributed by atoms with Crippen LogP contribution in [0.25, 0.3) is 11.1 Å². The Morgan fingerprint density at radius 3 is 2.49 bits per heavy atom. The van der Waals surface area contributed by atoms with E-state index in [1.54, 1.807) is 0 Å². The van der Waals surface area contributed by atoms with Crippen LogP contribution in [0, 0.1) is 20.8 Å². The first kappa shape index (κ1) is 32.2. The molecule has 5 rings (SSSR count). The van der Waals surface area contributed by atoms with Crippen LogP contribution in [0.2, 0.25) is 0 Å². The van der Waals surface area contributed by atoms with Crippen molar-refractivity contribution in [1.29, 1.82) is 0 Å². The lowest BCUT2D eigenvalue weighted by Crippen LogP contribution is -2.42. The quantitative estimate of drug-likeness (QED) is 0.270. The Labute approximate surface area is 263 Å². The minimum atomic E-state index is -0.987. The summed E-state index contributed by atoms with van der Waals surface area (Å²) < 4.78 is 7.40. The Morgan fingerprint density at radius 1 is 1.07 bits per heavy atom. The maximum atomic E-state index is 13.7. The summed E-state index contributed by atoms with van der Waals surface area (Å²) in [5, 5.41) is 19.4. The zero-order valence-corrected chi connectivity index (χ0v) is 26.7. The Morgan fingerprint density at radius 2 is 1.80 bits per heavy atom. The van der Waals surface area contributed by atoms with Gasteiger partial charge in [-0.3, -0.25) is 19.2 Å². The van der Waals surface area contributed by atoms with Crippen molar-refractivity contribution in [3.05, 3.63) is 68.9 Å². The molecule has 0 bridgehead atoms. The fraction of sp³-hybridized carbons (Fsp3) is 0.515. The molecule has 1 aliphatic carbocycles. The summed E-state index contributed by atoms with van der Waals surface area (Å²) in [6.45, 7) is 10.8. The first-order chi connectivity index (χ1) is 21.6. The molecule has 0 unspecified atom stereocenters. The largest absolute Gasteiger partial charge is 0.465 e. The highest BCUT2D eigenvalue weighted by Crippen LogP contribution is 2.34. The van der Waals surface area contributed by atoms with Crippen LogP contribution in [-0.2, 0) is 17.8 Å². The van der Waals surface area contributed by atoms with Crippen molar-refractivity contribution in [3.63, 3.8) is 0 Å². The number of aromatic amines is 1. The van der Waals surface area contributed by atoms with Crippen LogP contribution in [0.15, 0.2) is 35.4 Å². The average Bonchev–Trinajstić information content (AvgIpc) is 3.49. The van der Waals surface area contributed by atoms with Crippen LogP contribution >= 0.6 is 0 Å². The summed E-state index contributed by atoms with van der Waals surface area (Å²) in [5.74, 6) is -0.252. The maximum absolute atomic E-state index is 13.7. The summed E-state index contributed by atoms with van der Waals surface area (Å²) in [6.07, 6.45) is 6.06. The van der Waals surface area contributed by atoms with Gasteiger partial charge in [0.15, 0.2) is 0 Å². The Kier molecular flexibility index (Phi) is 10.2.